The van der Waals surface area contributed by atoms with Crippen LogP contribution in [0.3, 0.4) is 0 Å². The number of carbonyl (C=O) groups is 3. The average molecular weight is 668 g/mol. The summed E-state index contributed by atoms with van der Waals surface area (Å²) in [4.78, 5) is 45.8. The molecule has 41 heavy (non-hydrogen) atoms. The van der Waals surface area contributed by atoms with Crippen molar-refractivity contribution in [2.45, 2.75) is 72.7 Å². The van der Waals surface area contributed by atoms with Crippen LogP contribution >= 0.6 is 39.3 Å². The van der Waals surface area contributed by atoms with Crippen molar-refractivity contribution in [1.29, 1.82) is 0 Å². The molecular weight excluding hydrogens is 628 g/mol. The van der Waals surface area contributed by atoms with Crippen LogP contribution in [0.2, 0.25) is 5.02 Å². The van der Waals surface area contributed by atoms with Gasteiger partial charge in [-0.1, -0.05) is 64.7 Å². The van der Waals surface area contributed by atoms with Gasteiger partial charge in [-0.2, -0.15) is 0 Å². The van der Waals surface area contributed by atoms with Crippen molar-refractivity contribution >= 4 is 62.8 Å². The van der Waals surface area contributed by atoms with Crippen LogP contribution in [0.15, 0.2) is 43.5 Å². The third kappa shape index (κ3) is 6.15. The molecule has 6 atom stereocenters. The minimum absolute atomic E-state index is 0.0306. The molecule has 7 nitrogen and oxygen atoms in total. The molecule has 3 saturated heterocycles. The van der Waals surface area contributed by atoms with Gasteiger partial charge in [-0.3, -0.25) is 14.4 Å². The monoisotopic (exact) mass is 666 g/mol. The maximum atomic E-state index is 14.7. The molecule has 3 unspecified atom stereocenters. The van der Waals surface area contributed by atoms with Gasteiger partial charge in [-0.05, 0) is 50.7 Å². The fourth-order valence-corrected chi connectivity index (χ4v) is 10.6. The standard InChI is InChI=1S/C31H40BrClN2O5S/c1-4-6-11-18-40-30(39)23-24-28(37)35(16-9-7-8-10-17-36)27(31(24)19-21(32)26(23)41-31)29(38)34(15-5-2)25-20(3)13-12-14-22(25)33/h4-5,12-14,21,23-24,26-27,36H,1-2,6-11,15-19H2,3H3/t21?,23-,24+,26-,27?,31?/m1/s1. The number of nitrogens with zero attached hydrogens (tertiary/aromatic N) is 2. The number of anilines is 1. The smallest absolute Gasteiger partial charge is 0.310 e. The van der Waals surface area contributed by atoms with Gasteiger partial charge >= 0.3 is 5.97 Å². The first kappa shape index (κ1) is 32.1. The topological polar surface area (TPSA) is 87.2 Å². The molecule has 2 bridgehead atoms. The van der Waals surface area contributed by atoms with Crippen molar-refractivity contribution in [3.63, 3.8) is 0 Å². The Bertz CT molecular complexity index is 1150. The number of para-hydroxylation sites is 1. The predicted octanol–water partition coefficient (Wildman–Crippen LogP) is 5.69. The van der Waals surface area contributed by atoms with Gasteiger partial charge in [0.2, 0.25) is 5.91 Å². The van der Waals surface area contributed by atoms with Crippen LogP contribution in [-0.2, 0) is 19.1 Å². The van der Waals surface area contributed by atoms with Crippen molar-refractivity contribution in [2.75, 3.05) is 31.2 Å². The maximum Gasteiger partial charge on any atom is 0.310 e. The third-order valence-electron chi connectivity index (χ3n) is 8.44. The first-order chi connectivity index (χ1) is 19.7. The van der Waals surface area contributed by atoms with Gasteiger partial charge < -0.3 is 19.6 Å². The molecule has 10 heteroatoms. The van der Waals surface area contributed by atoms with E-state index in [4.69, 9.17) is 16.3 Å². The van der Waals surface area contributed by atoms with Crippen molar-refractivity contribution in [1.82, 2.24) is 4.90 Å². The summed E-state index contributed by atoms with van der Waals surface area (Å²) >= 11 is 12.1. The number of aryl methyl sites for hydroxylation is 1. The molecule has 3 aliphatic rings. The van der Waals surface area contributed by atoms with Gasteiger partial charge in [-0.25, -0.2) is 0 Å². The third-order valence-corrected chi connectivity index (χ3v) is 12.0. The Morgan fingerprint density at radius 1 is 1.24 bits per heavy atom. The van der Waals surface area contributed by atoms with E-state index in [-0.39, 0.29) is 47.6 Å². The SMILES string of the molecule is C=CCCCOC(=O)[C@H]1[C@@H]2SC3(CC2Br)C(C(=O)N(CC=C)c2c(C)cccc2Cl)N(CCCCCCO)C(=O)[C@H]13. The molecule has 3 aliphatic heterocycles. The van der Waals surface area contributed by atoms with E-state index in [9.17, 15) is 19.5 Å². The Kier molecular flexibility index (Phi) is 11.0. The zero-order valence-corrected chi connectivity index (χ0v) is 26.8. The summed E-state index contributed by atoms with van der Waals surface area (Å²) in [7, 11) is 0. The molecule has 2 amide bonds. The van der Waals surface area contributed by atoms with Gasteiger partial charge in [-0.15, -0.1) is 24.9 Å². The van der Waals surface area contributed by atoms with Crippen molar-refractivity contribution < 1.29 is 24.2 Å². The number of allylic oxidation sites excluding steroid dienone is 1. The molecule has 1 aromatic rings. The molecule has 3 heterocycles. The molecule has 3 fully saturated rings. The number of likely N-dealkylation sites (tertiary alicyclic amines) is 1. The minimum atomic E-state index is -0.766. The molecular formula is C31H40BrClN2O5S. The van der Waals surface area contributed by atoms with Crippen LogP contribution < -0.4 is 4.90 Å². The molecule has 224 valence electrons. The highest BCUT2D eigenvalue weighted by Crippen LogP contribution is 2.68. The number of hydrogen-bond acceptors (Lipinski definition) is 6. The quantitative estimate of drug-likeness (QED) is 0.112. The number of alkyl halides is 1. The van der Waals surface area contributed by atoms with E-state index in [1.807, 2.05) is 19.1 Å². The number of aliphatic hydroxyl groups excluding tert-OH is 1. The van der Waals surface area contributed by atoms with Crippen LogP contribution in [0.1, 0.15) is 50.5 Å². The predicted molar refractivity (Wildman–Crippen MR) is 169 cm³/mol. The van der Waals surface area contributed by atoms with Crippen molar-refractivity contribution in [3.8, 4) is 0 Å². The number of amides is 2. The minimum Gasteiger partial charge on any atom is -0.465 e. The zero-order valence-electron chi connectivity index (χ0n) is 23.6. The number of hydrogen-bond donors (Lipinski definition) is 1. The normalized spacial score (nSPS) is 28.0. The Labute approximate surface area is 260 Å². The number of aliphatic hydroxyl groups is 1. The van der Waals surface area contributed by atoms with E-state index < -0.39 is 22.6 Å². The highest BCUT2D eigenvalue weighted by Gasteiger charge is 2.76. The Morgan fingerprint density at radius 3 is 2.68 bits per heavy atom. The summed E-state index contributed by atoms with van der Waals surface area (Å²) in [6.07, 6.45) is 8.54. The molecule has 1 N–H and O–H groups in total. The summed E-state index contributed by atoms with van der Waals surface area (Å²) in [5.41, 5.74) is 1.46. The molecule has 1 aromatic carbocycles. The van der Waals surface area contributed by atoms with E-state index in [1.165, 1.54) is 0 Å². The summed E-state index contributed by atoms with van der Waals surface area (Å²) < 4.78 is 4.92. The summed E-state index contributed by atoms with van der Waals surface area (Å²) in [6.45, 7) is 10.6. The molecule has 0 radical (unpaired) electrons. The number of ether oxygens (including phenoxy) is 1. The number of unbranched alkanes of at least 4 members (excludes halogenated alkanes) is 4. The first-order valence-corrected chi connectivity index (χ1v) is 16.6. The fourth-order valence-electron chi connectivity index (χ4n) is 6.70. The highest BCUT2D eigenvalue weighted by molar-refractivity contribution is 9.09. The fraction of sp³-hybridized carbons (Fsp3) is 0.581. The van der Waals surface area contributed by atoms with Crippen LogP contribution in [0.4, 0.5) is 5.69 Å². The Morgan fingerprint density at radius 2 is 2.00 bits per heavy atom. The van der Waals surface area contributed by atoms with Crippen LogP contribution in [0.5, 0.6) is 0 Å². The van der Waals surface area contributed by atoms with Gasteiger partial charge in [0.05, 0.1) is 33.9 Å². The number of esters is 1. The molecule has 4 rings (SSSR count). The van der Waals surface area contributed by atoms with Crippen LogP contribution in [-0.4, -0.2) is 75.0 Å². The van der Waals surface area contributed by atoms with E-state index in [1.54, 1.807) is 39.8 Å². The lowest BCUT2D eigenvalue weighted by atomic mass is 9.71. The van der Waals surface area contributed by atoms with Crippen molar-refractivity contribution in [3.05, 3.63) is 54.1 Å². The average Bonchev–Trinajstić information content (AvgIpc) is 3.53. The lowest BCUT2D eigenvalue weighted by Gasteiger charge is -2.38. The number of benzene rings is 1. The molecule has 0 aliphatic carbocycles. The molecule has 0 saturated carbocycles. The van der Waals surface area contributed by atoms with E-state index in [0.29, 0.717) is 42.9 Å². The lowest BCUT2D eigenvalue weighted by molar-refractivity contribution is -0.154. The first-order valence-electron chi connectivity index (χ1n) is 14.4. The number of rotatable bonds is 15. The molecule has 1 spiro atoms. The number of fused-ring (bicyclic) bond motifs is 1. The van der Waals surface area contributed by atoms with E-state index >= 15 is 0 Å². The van der Waals surface area contributed by atoms with E-state index in [2.05, 4.69) is 29.1 Å². The molecule has 0 aromatic heterocycles. The largest absolute Gasteiger partial charge is 0.465 e. The van der Waals surface area contributed by atoms with Crippen molar-refractivity contribution in [2.24, 2.45) is 11.8 Å². The second kappa shape index (κ2) is 14.1. The maximum absolute atomic E-state index is 14.7. The Balaban J connectivity index is 1.72. The van der Waals surface area contributed by atoms with Crippen LogP contribution in [0, 0.1) is 18.8 Å². The van der Waals surface area contributed by atoms with E-state index in [0.717, 1.165) is 24.8 Å². The summed E-state index contributed by atoms with van der Waals surface area (Å²) in [5.74, 6) is -1.99. The lowest BCUT2D eigenvalue weighted by Crippen LogP contribution is -2.55. The van der Waals surface area contributed by atoms with Gasteiger partial charge in [0.25, 0.3) is 5.91 Å². The number of halogens is 2. The summed E-state index contributed by atoms with van der Waals surface area (Å²) in [5, 5.41) is 9.48. The zero-order chi connectivity index (χ0) is 29.7. The second-order valence-corrected chi connectivity index (χ2v) is 14.2. The van der Waals surface area contributed by atoms with Crippen LogP contribution in [0.25, 0.3) is 0 Å². The van der Waals surface area contributed by atoms with Gasteiger partial charge in [0, 0.05) is 29.8 Å². The summed E-state index contributed by atoms with van der Waals surface area (Å²) in [6, 6.07) is 4.75. The van der Waals surface area contributed by atoms with Gasteiger partial charge in [0.1, 0.15) is 6.04 Å². The Hall–Kier alpha value is -1.81. The van der Waals surface area contributed by atoms with Gasteiger partial charge in [0.15, 0.2) is 0 Å². The number of thioether (sulfide) groups is 1. The second-order valence-electron chi connectivity index (χ2n) is 11.1. The number of carbonyl (C=O) groups excluding carboxylic acids is 3. The highest BCUT2D eigenvalue weighted by atomic mass is 79.9.